The highest BCUT2D eigenvalue weighted by atomic mass is 35.5. The second-order valence-electron chi connectivity index (χ2n) is 4.81. The summed E-state index contributed by atoms with van der Waals surface area (Å²) in [6.45, 7) is 0.968. The molecule has 0 spiro atoms. The maximum Gasteiger partial charge on any atom is 0.339 e. The van der Waals surface area contributed by atoms with E-state index in [9.17, 15) is 18.0 Å². The summed E-state index contributed by atoms with van der Waals surface area (Å²) in [5.74, 6) is -0.729. The zero-order valence-electron chi connectivity index (χ0n) is 11.6. The van der Waals surface area contributed by atoms with Crippen molar-refractivity contribution in [3.63, 3.8) is 0 Å². The monoisotopic (exact) mass is 346 g/mol. The van der Waals surface area contributed by atoms with Crippen LogP contribution < -0.4 is 5.14 Å². The summed E-state index contributed by atoms with van der Waals surface area (Å²) in [5.41, 5.74) is -0.0825. The van der Waals surface area contributed by atoms with E-state index >= 15 is 0 Å². The number of carbonyl (C=O) groups excluding carboxylic acids is 2. The molecule has 0 aromatic heterocycles. The molecule has 1 saturated heterocycles. The summed E-state index contributed by atoms with van der Waals surface area (Å²) in [6.07, 6.45) is 1.31. The van der Waals surface area contributed by atoms with E-state index in [2.05, 4.69) is 0 Å². The van der Waals surface area contributed by atoms with Gasteiger partial charge in [0.15, 0.2) is 0 Å². The topological polar surface area (TPSA) is 107 Å². The van der Waals surface area contributed by atoms with E-state index in [0.29, 0.717) is 19.5 Å². The molecule has 2 rings (SSSR count). The summed E-state index contributed by atoms with van der Waals surface area (Å²) >= 11 is 5.87. The molecule has 0 bridgehead atoms. The van der Waals surface area contributed by atoms with Gasteiger partial charge in [0.25, 0.3) is 0 Å². The number of nitrogens with zero attached hydrogens (tertiary/aromatic N) is 1. The van der Waals surface area contributed by atoms with Gasteiger partial charge in [-0.2, -0.15) is 0 Å². The fourth-order valence-corrected chi connectivity index (χ4v) is 2.84. The molecule has 1 aromatic carbocycles. The lowest BCUT2D eigenvalue weighted by Crippen LogP contribution is -2.29. The van der Waals surface area contributed by atoms with Gasteiger partial charge >= 0.3 is 5.97 Å². The number of benzene rings is 1. The molecule has 1 heterocycles. The van der Waals surface area contributed by atoms with Crippen molar-refractivity contribution in [3.8, 4) is 0 Å². The van der Waals surface area contributed by atoms with E-state index in [-0.39, 0.29) is 28.0 Å². The van der Waals surface area contributed by atoms with Crippen LogP contribution in [0.2, 0.25) is 5.02 Å². The van der Waals surface area contributed by atoms with Crippen molar-refractivity contribution in [2.75, 3.05) is 19.7 Å². The predicted octanol–water partition coefficient (Wildman–Crippen LogP) is 0.767. The molecule has 22 heavy (non-hydrogen) atoms. The van der Waals surface area contributed by atoms with Crippen molar-refractivity contribution in [3.05, 3.63) is 28.8 Å². The van der Waals surface area contributed by atoms with Gasteiger partial charge in [-0.1, -0.05) is 11.6 Å². The lowest BCUT2D eigenvalue weighted by atomic mass is 10.2. The molecule has 120 valence electrons. The van der Waals surface area contributed by atoms with E-state index in [1.165, 1.54) is 12.1 Å². The van der Waals surface area contributed by atoms with E-state index in [1.54, 1.807) is 4.90 Å². The second kappa shape index (κ2) is 6.64. The number of rotatable bonds is 5. The maximum atomic E-state index is 12.0. The number of hydrogen-bond donors (Lipinski definition) is 1. The number of esters is 1. The van der Waals surface area contributed by atoms with Crippen molar-refractivity contribution >= 4 is 33.5 Å². The quantitative estimate of drug-likeness (QED) is 0.792. The fraction of sp³-hybridized carbons (Fsp3) is 0.385. The van der Waals surface area contributed by atoms with E-state index in [4.69, 9.17) is 21.5 Å². The van der Waals surface area contributed by atoms with Crippen LogP contribution in [0.5, 0.6) is 0 Å². The molecule has 0 aliphatic carbocycles. The molecule has 9 heteroatoms. The van der Waals surface area contributed by atoms with Gasteiger partial charge in [-0.3, -0.25) is 4.79 Å². The first kappa shape index (κ1) is 16.7. The highest BCUT2D eigenvalue weighted by molar-refractivity contribution is 7.89. The van der Waals surface area contributed by atoms with Crippen LogP contribution in [0.3, 0.4) is 0 Å². The van der Waals surface area contributed by atoms with Gasteiger partial charge in [0.1, 0.15) is 6.61 Å². The molecule has 0 saturated carbocycles. The number of halogens is 1. The molecule has 0 radical (unpaired) electrons. The minimum atomic E-state index is -3.94. The Morgan fingerprint density at radius 2 is 2.14 bits per heavy atom. The molecular weight excluding hydrogens is 332 g/mol. The highest BCUT2D eigenvalue weighted by Gasteiger charge is 2.21. The Morgan fingerprint density at radius 3 is 2.73 bits per heavy atom. The van der Waals surface area contributed by atoms with Crippen LogP contribution in [0.15, 0.2) is 23.1 Å². The lowest BCUT2D eigenvalue weighted by Gasteiger charge is -2.15. The maximum absolute atomic E-state index is 12.0. The van der Waals surface area contributed by atoms with Crippen molar-refractivity contribution in [1.82, 2.24) is 4.90 Å². The minimum Gasteiger partial charge on any atom is -0.460 e. The van der Waals surface area contributed by atoms with Gasteiger partial charge in [-0.05, 0) is 24.6 Å². The number of likely N-dealkylation sites (tertiary alicyclic amines) is 1. The molecule has 1 aliphatic rings. The Balaban J connectivity index is 2.01. The Hall–Kier alpha value is -1.64. The lowest BCUT2D eigenvalue weighted by molar-refractivity contribution is -0.128. The number of primary sulfonamides is 1. The first-order valence-electron chi connectivity index (χ1n) is 6.56. The molecule has 0 atom stereocenters. The number of hydrogen-bond acceptors (Lipinski definition) is 5. The average molecular weight is 347 g/mol. The molecule has 2 N–H and O–H groups in total. The largest absolute Gasteiger partial charge is 0.460 e. The van der Waals surface area contributed by atoms with Crippen molar-refractivity contribution in [1.29, 1.82) is 0 Å². The van der Waals surface area contributed by atoms with Crippen LogP contribution in [0.25, 0.3) is 0 Å². The highest BCUT2D eigenvalue weighted by Crippen LogP contribution is 2.21. The van der Waals surface area contributed by atoms with Gasteiger partial charge in [0.2, 0.25) is 15.9 Å². The number of carbonyl (C=O) groups is 2. The summed E-state index contributed by atoms with van der Waals surface area (Å²) in [6, 6.07) is 3.54. The van der Waals surface area contributed by atoms with E-state index in [1.807, 2.05) is 0 Å². The molecular formula is C13H15ClN2O5S. The number of ether oxygens (including phenoxy) is 1. The minimum absolute atomic E-state index is 0.0144. The first-order chi connectivity index (χ1) is 10.3. The molecule has 1 amide bonds. The van der Waals surface area contributed by atoms with E-state index < -0.39 is 16.0 Å². The van der Waals surface area contributed by atoms with Gasteiger partial charge < -0.3 is 9.64 Å². The smallest absolute Gasteiger partial charge is 0.339 e. The summed E-state index contributed by atoms with van der Waals surface area (Å²) in [5, 5.41) is 5.07. The van der Waals surface area contributed by atoms with Gasteiger partial charge in [0.05, 0.1) is 22.0 Å². The molecule has 1 aliphatic heterocycles. The number of amides is 1. The van der Waals surface area contributed by atoms with Gasteiger partial charge in [0, 0.05) is 13.0 Å². The summed E-state index contributed by atoms with van der Waals surface area (Å²) < 4.78 is 27.6. The number of nitrogens with two attached hydrogens (primary N) is 1. The second-order valence-corrected chi connectivity index (χ2v) is 6.78. The SMILES string of the molecule is NS(=O)(=O)c1ccc(Cl)c(C(=O)OCCN2CCCC2=O)c1. The molecule has 0 unspecified atom stereocenters. The van der Waals surface area contributed by atoms with Crippen molar-refractivity contribution in [2.24, 2.45) is 5.14 Å². The molecule has 1 aromatic rings. The van der Waals surface area contributed by atoms with Crippen LogP contribution in [-0.4, -0.2) is 44.9 Å². The third-order valence-electron chi connectivity index (χ3n) is 3.25. The first-order valence-corrected chi connectivity index (χ1v) is 8.49. The summed E-state index contributed by atoms with van der Waals surface area (Å²) in [7, 11) is -3.94. The van der Waals surface area contributed by atoms with Crippen molar-refractivity contribution < 1.29 is 22.7 Å². The normalized spacial score (nSPS) is 15.2. The van der Waals surface area contributed by atoms with Crippen LogP contribution in [0.1, 0.15) is 23.2 Å². The third-order valence-corrected chi connectivity index (χ3v) is 4.49. The molecule has 1 fully saturated rings. The van der Waals surface area contributed by atoms with Crippen molar-refractivity contribution in [2.45, 2.75) is 17.7 Å². The summed E-state index contributed by atoms with van der Waals surface area (Å²) in [4.78, 5) is 24.8. The fourth-order valence-electron chi connectivity index (χ4n) is 2.10. The Labute approximate surface area is 133 Å². The zero-order chi connectivity index (χ0) is 16.3. The predicted molar refractivity (Wildman–Crippen MR) is 78.9 cm³/mol. The Kier molecular flexibility index (Phi) is 5.05. The van der Waals surface area contributed by atoms with Crippen LogP contribution in [-0.2, 0) is 19.6 Å². The van der Waals surface area contributed by atoms with Gasteiger partial charge in [-0.15, -0.1) is 0 Å². The van der Waals surface area contributed by atoms with Gasteiger partial charge in [-0.25, -0.2) is 18.4 Å². The van der Waals surface area contributed by atoms with Crippen LogP contribution in [0.4, 0.5) is 0 Å². The third kappa shape index (κ3) is 3.96. The number of sulfonamides is 1. The van der Waals surface area contributed by atoms with Crippen LogP contribution >= 0.6 is 11.6 Å². The standard InChI is InChI=1S/C13H15ClN2O5S/c14-11-4-3-9(22(15,19)20)8-10(11)13(18)21-7-6-16-5-1-2-12(16)17/h3-4,8H,1-2,5-7H2,(H2,15,19,20). The Morgan fingerprint density at radius 1 is 1.41 bits per heavy atom. The molecule has 7 nitrogen and oxygen atoms in total. The van der Waals surface area contributed by atoms with E-state index in [0.717, 1.165) is 12.5 Å². The average Bonchev–Trinajstić information content (AvgIpc) is 2.83. The zero-order valence-corrected chi connectivity index (χ0v) is 13.2. The Bertz CT molecular complexity index is 704. The van der Waals surface area contributed by atoms with Crippen LogP contribution in [0, 0.1) is 0 Å².